The van der Waals surface area contributed by atoms with Gasteiger partial charge in [0.1, 0.15) is 17.7 Å². The summed E-state index contributed by atoms with van der Waals surface area (Å²) in [6, 6.07) is 11.5. The molecule has 1 saturated heterocycles. The molecule has 31 heavy (non-hydrogen) atoms. The van der Waals surface area contributed by atoms with E-state index < -0.39 is 23.9 Å². The van der Waals surface area contributed by atoms with Gasteiger partial charge in [0.25, 0.3) is 0 Å². The number of nitrogens with one attached hydrogen (secondary N) is 1. The van der Waals surface area contributed by atoms with E-state index in [1.165, 1.54) is 18.2 Å². The summed E-state index contributed by atoms with van der Waals surface area (Å²) in [5.41, 5.74) is 0.881. The predicted molar refractivity (Wildman–Crippen MR) is 113 cm³/mol. The zero-order valence-electron chi connectivity index (χ0n) is 16.1. The summed E-state index contributed by atoms with van der Waals surface area (Å²) in [7, 11) is 0. The molecule has 0 unspecified atom stereocenters. The number of halogens is 3. The summed E-state index contributed by atoms with van der Waals surface area (Å²) in [5.74, 6) is -2.51. The third-order valence-electron chi connectivity index (χ3n) is 3.99. The first-order chi connectivity index (χ1) is 14.8. The molecule has 0 aromatic heterocycles. The molecule has 7 nitrogen and oxygen atoms in total. The van der Waals surface area contributed by atoms with Gasteiger partial charge in [-0.1, -0.05) is 35.3 Å². The maximum atomic E-state index is 13.2. The van der Waals surface area contributed by atoms with Crippen LogP contribution in [-0.2, 0) is 14.3 Å². The topological polar surface area (TPSA) is 105 Å². The lowest BCUT2D eigenvalue weighted by Crippen LogP contribution is -2.43. The van der Waals surface area contributed by atoms with Gasteiger partial charge in [0.05, 0.1) is 11.6 Å². The summed E-state index contributed by atoms with van der Waals surface area (Å²) in [5, 5.41) is 19.7. The monoisotopic (exact) mass is 471 g/mol. The number of rotatable bonds is 6. The van der Waals surface area contributed by atoms with Crippen molar-refractivity contribution in [3.8, 4) is 5.75 Å². The van der Waals surface area contributed by atoms with Crippen molar-refractivity contribution in [3.05, 3.63) is 76.0 Å². The average molecular weight is 472 g/mol. The average Bonchev–Trinajstić information content (AvgIpc) is 2.73. The molecule has 1 aliphatic rings. The lowest BCUT2D eigenvalue weighted by Gasteiger charge is -2.32. The number of benzene rings is 2. The third-order valence-corrected chi connectivity index (χ3v) is 4.52. The van der Waals surface area contributed by atoms with Crippen molar-refractivity contribution in [1.29, 1.82) is 0 Å². The molecule has 2 aromatic carbocycles. The molecule has 3 N–H and O–H groups in total. The molecule has 2 aromatic rings. The van der Waals surface area contributed by atoms with E-state index in [0.717, 1.165) is 12.1 Å². The van der Waals surface area contributed by atoms with Crippen LogP contribution in [0.3, 0.4) is 0 Å². The maximum absolute atomic E-state index is 13.2. The Labute approximate surface area is 188 Å². The molecule has 0 saturated carbocycles. The van der Waals surface area contributed by atoms with Crippen LogP contribution < -0.4 is 10.1 Å². The molecular formula is C21H20Cl2FNO6. The van der Waals surface area contributed by atoms with Crippen LogP contribution in [0.1, 0.15) is 11.7 Å². The van der Waals surface area contributed by atoms with Gasteiger partial charge in [-0.3, -0.25) is 0 Å². The first-order valence-corrected chi connectivity index (χ1v) is 9.85. The normalized spacial score (nSPS) is 16.8. The minimum atomic E-state index is -1.26. The standard InChI is InChI=1S/C17H16Cl2FNO2.C4H4O4/c18-12-3-1-2-11(8-12)17(16-10-21-6-7-22-16)23-15-5-4-13(20)9-14(15)19;5-3(6)1-2-4(7)8/h1-5,8-9,16-17,21H,6-7,10H2;1-2H,(H,5,6)(H,7,8)/t16-,17-;/m0./s1. The summed E-state index contributed by atoms with van der Waals surface area (Å²) >= 11 is 12.2. The van der Waals surface area contributed by atoms with Crippen molar-refractivity contribution in [2.24, 2.45) is 0 Å². The van der Waals surface area contributed by atoms with Gasteiger partial charge in [0.15, 0.2) is 6.10 Å². The van der Waals surface area contributed by atoms with E-state index >= 15 is 0 Å². The van der Waals surface area contributed by atoms with Gasteiger partial charge in [0.2, 0.25) is 0 Å². The van der Waals surface area contributed by atoms with Crippen molar-refractivity contribution in [2.75, 3.05) is 19.7 Å². The van der Waals surface area contributed by atoms with E-state index in [2.05, 4.69) is 5.32 Å². The van der Waals surface area contributed by atoms with Crippen LogP contribution in [0.2, 0.25) is 10.0 Å². The first kappa shape index (κ1) is 24.6. The van der Waals surface area contributed by atoms with E-state index in [1.807, 2.05) is 18.2 Å². The Balaban J connectivity index is 0.000000366. The molecule has 1 aliphatic heterocycles. The van der Waals surface area contributed by atoms with E-state index in [1.54, 1.807) is 6.07 Å². The van der Waals surface area contributed by atoms with Crippen molar-refractivity contribution in [3.63, 3.8) is 0 Å². The van der Waals surface area contributed by atoms with Crippen molar-refractivity contribution in [2.45, 2.75) is 12.2 Å². The third kappa shape index (κ3) is 8.55. The van der Waals surface area contributed by atoms with Crippen LogP contribution in [0.25, 0.3) is 0 Å². The van der Waals surface area contributed by atoms with E-state index in [0.29, 0.717) is 36.1 Å². The van der Waals surface area contributed by atoms with Gasteiger partial charge in [-0.15, -0.1) is 0 Å². The van der Waals surface area contributed by atoms with Gasteiger partial charge >= 0.3 is 11.9 Å². The Morgan fingerprint density at radius 2 is 1.87 bits per heavy atom. The molecule has 0 radical (unpaired) electrons. The number of carbonyl (C=O) groups is 2. The molecular weight excluding hydrogens is 452 g/mol. The lowest BCUT2D eigenvalue weighted by atomic mass is 10.0. The van der Waals surface area contributed by atoms with Crippen molar-refractivity contribution in [1.82, 2.24) is 5.32 Å². The molecule has 3 rings (SSSR count). The highest BCUT2D eigenvalue weighted by Gasteiger charge is 2.28. The van der Waals surface area contributed by atoms with Crippen LogP contribution >= 0.6 is 23.2 Å². The van der Waals surface area contributed by atoms with Crippen LogP contribution in [0.5, 0.6) is 5.75 Å². The molecule has 2 atom stereocenters. The second kappa shape index (κ2) is 12.3. The molecule has 166 valence electrons. The van der Waals surface area contributed by atoms with Gasteiger partial charge in [-0.05, 0) is 35.9 Å². The minimum absolute atomic E-state index is 0.191. The molecule has 1 fully saturated rings. The number of morpholine rings is 1. The Morgan fingerprint density at radius 3 is 2.42 bits per heavy atom. The molecule has 0 spiro atoms. The van der Waals surface area contributed by atoms with Gasteiger partial charge in [-0.2, -0.15) is 0 Å². The Hall–Kier alpha value is -2.65. The molecule has 10 heteroatoms. The zero-order chi connectivity index (χ0) is 22.8. The van der Waals surface area contributed by atoms with Gasteiger partial charge < -0.3 is 25.0 Å². The number of aliphatic carboxylic acids is 2. The van der Waals surface area contributed by atoms with Crippen molar-refractivity contribution < 1.29 is 33.7 Å². The van der Waals surface area contributed by atoms with Crippen LogP contribution in [0, 0.1) is 5.82 Å². The Kier molecular flexibility index (Phi) is 9.74. The van der Waals surface area contributed by atoms with E-state index in [9.17, 15) is 14.0 Å². The van der Waals surface area contributed by atoms with Crippen LogP contribution in [0.4, 0.5) is 4.39 Å². The second-order valence-corrected chi connectivity index (χ2v) is 7.14. The summed E-state index contributed by atoms with van der Waals surface area (Å²) in [6.07, 6.45) is 0.526. The summed E-state index contributed by atoms with van der Waals surface area (Å²) < 4.78 is 25.1. The molecule has 1 heterocycles. The zero-order valence-corrected chi connectivity index (χ0v) is 17.6. The maximum Gasteiger partial charge on any atom is 0.328 e. The largest absolute Gasteiger partial charge is 0.481 e. The molecule has 0 amide bonds. The fourth-order valence-electron chi connectivity index (χ4n) is 2.67. The fraction of sp³-hybridized carbons (Fsp3) is 0.238. The number of hydrogen-bond acceptors (Lipinski definition) is 5. The minimum Gasteiger partial charge on any atom is -0.481 e. The SMILES string of the molecule is Fc1ccc(O[C@@H](c2cccc(Cl)c2)[C@@H]2CNCCO2)c(Cl)c1.O=C(O)C=CC(=O)O. The highest BCUT2D eigenvalue weighted by molar-refractivity contribution is 6.32. The van der Waals surface area contributed by atoms with E-state index in [-0.39, 0.29) is 11.1 Å². The Morgan fingerprint density at radius 1 is 1.16 bits per heavy atom. The fourth-order valence-corrected chi connectivity index (χ4v) is 3.08. The number of hydrogen-bond donors (Lipinski definition) is 3. The highest BCUT2D eigenvalue weighted by Crippen LogP contribution is 2.33. The van der Waals surface area contributed by atoms with Gasteiger partial charge in [0, 0.05) is 30.3 Å². The quantitative estimate of drug-likeness (QED) is 0.547. The summed E-state index contributed by atoms with van der Waals surface area (Å²) in [4.78, 5) is 19.1. The predicted octanol–water partition coefficient (Wildman–Crippen LogP) is 3.95. The summed E-state index contributed by atoms with van der Waals surface area (Å²) in [6.45, 7) is 2.05. The van der Waals surface area contributed by atoms with E-state index in [4.69, 9.17) is 42.9 Å². The lowest BCUT2D eigenvalue weighted by molar-refractivity contribution is -0.134. The highest BCUT2D eigenvalue weighted by atomic mass is 35.5. The molecule has 0 bridgehead atoms. The second-order valence-electron chi connectivity index (χ2n) is 6.29. The number of carboxylic acids is 2. The smallest absolute Gasteiger partial charge is 0.328 e. The number of ether oxygens (including phenoxy) is 2. The first-order valence-electron chi connectivity index (χ1n) is 9.09. The van der Waals surface area contributed by atoms with Crippen LogP contribution in [-0.4, -0.2) is 48.0 Å². The van der Waals surface area contributed by atoms with Crippen molar-refractivity contribution >= 4 is 35.1 Å². The van der Waals surface area contributed by atoms with Gasteiger partial charge in [-0.25, -0.2) is 14.0 Å². The molecule has 0 aliphatic carbocycles. The number of carboxylic acid groups (broad SMARTS) is 2. The van der Waals surface area contributed by atoms with Crippen LogP contribution in [0.15, 0.2) is 54.6 Å². The Bertz CT molecular complexity index is 918.